The maximum absolute atomic E-state index is 13.0. The fraction of sp³-hybridized carbons (Fsp3) is 0.0714. The van der Waals surface area contributed by atoms with Crippen molar-refractivity contribution in [3.05, 3.63) is 48.2 Å². The van der Waals surface area contributed by atoms with Gasteiger partial charge in [-0.2, -0.15) is 0 Å². The summed E-state index contributed by atoms with van der Waals surface area (Å²) in [5.41, 5.74) is 0.0369. The molecule has 0 atom stereocenters. The van der Waals surface area contributed by atoms with Crippen LogP contribution in [0.4, 0.5) is 14.5 Å². The van der Waals surface area contributed by atoms with Crippen LogP contribution < -0.4 is 5.32 Å². The average molecular weight is 337 g/mol. The van der Waals surface area contributed by atoms with Crippen molar-refractivity contribution in [3.8, 4) is 11.7 Å². The SMILES string of the molecule is O=C(CSc1nnc(-c2ccco2)o1)Nc1cc(F)cc(F)c1. The van der Waals surface area contributed by atoms with Crippen molar-refractivity contribution in [3.63, 3.8) is 0 Å². The van der Waals surface area contributed by atoms with Crippen LogP contribution in [0.15, 0.2) is 50.7 Å². The predicted octanol–water partition coefficient (Wildman–Crippen LogP) is 3.34. The molecule has 0 aliphatic rings. The first-order valence-corrected chi connectivity index (χ1v) is 7.35. The summed E-state index contributed by atoms with van der Waals surface area (Å²) in [6.45, 7) is 0. The molecule has 0 radical (unpaired) electrons. The molecule has 1 aromatic carbocycles. The second kappa shape index (κ2) is 6.61. The second-order valence-corrected chi connectivity index (χ2v) is 5.27. The molecule has 6 nitrogen and oxygen atoms in total. The maximum Gasteiger partial charge on any atom is 0.284 e. The van der Waals surface area contributed by atoms with Crippen LogP contribution >= 0.6 is 11.8 Å². The number of amides is 1. The van der Waals surface area contributed by atoms with Gasteiger partial charge in [-0.05, 0) is 24.3 Å². The smallest absolute Gasteiger partial charge is 0.284 e. The Labute approximate surface area is 132 Å². The van der Waals surface area contributed by atoms with Gasteiger partial charge in [-0.3, -0.25) is 4.79 Å². The number of hydrogen-bond donors (Lipinski definition) is 1. The van der Waals surface area contributed by atoms with Crippen molar-refractivity contribution in [1.29, 1.82) is 0 Å². The van der Waals surface area contributed by atoms with Crippen LogP contribution in [0, 0.1) is 11.6 Å². The zero-order valence-corrected chi connectivity index (χ0v) is 12.3. The molecule has 2 heterocycles. The number of rotatable bonds is 5. The zero-order valence-electron chi connectivity index (χ0n) is 11.5. The lowest BCUT2D eigenvalue weighted by Crippen LogP contribution is -2.14. The third-order valence-electron chi connectivity index (χ3n) is 2.61. The highest BCUT2D eigenvalue weighted by Gasteiger charge is 2.13. The highest BCUT2D eigenvalue weighted by atomic mass is 32.2. The fourth-order valence-electron chi connectivity index (χ4n) is 1.72. The Balaban J connectivity index is 1.57. The monoisotopic (exact) mass is 337 g/mol. The molecule has 0 fully saturated rings. The first kappa shape index (κ1) is 15.2. The molecule has 0 saturated heterocycles. The first-order chi connectivity index (χ1) is 11.1. The van der Waals surface area contributed by atoms with E-state index in [1.807, 2.05) is 0 Å². The van der Waals surface area contributed by atoms with E-state index >= 15 is 0 Å². The van der Waals surface area contributed by atoms with Crippen molar-refractivity contribution in [2.24, 2.45) is 0 Å². The van der Waals surface area contributed by atoms with Gasteiger partial charge in [0.15, 0.2) is 5.76 Å². The Kier molecular flexibility index (Phi) is 4.38. The van der Waals surface area contributed by atoms with Crippen LogP contribution in [0.2, 0.25) is 0 Å². The maximum atomic E-state index is 13.0. The summed E-state index contributed by atoms with van der Waals surface area (Å²) in [5, 5.41) is 10.1. The number of aromatic nitrogens is 2. The summed E-state index contributed by atoms with van der Waals surface area (Å²) in [7, 11) is 0. The van der Waals surface area contributed by atoms with Crippen molar-refractivity contribution < 1.29 is 22.4 Å². The number of benzene rings is 1. The van der Waals surface area contributed by atoms with Gasteiger partial charge in [0.2, 0.25) is 5.91 Å². The predicted molar refractivity (Wildman–Crippen MR) is 77.7 cm³/mol. The second-order valence-electron chi connectivity index (χ2n) is 4.35. The quantitative estimate of drug-likeness (QED) is 0.719. The van der Waals surface area contributed by atoms with Gasteiger partial charge in [0.1, 0.15) is 11.6 Å². The molecule has 0 aliphatic heterocycles. The van der Waals surface area contributed by atoms with E-state index < -0.39 is 17.5 Å². The molecule has 1 amide bonds. The molecular weight excluding hydrogens is 328 g/mol. The van der Waals surface area contributed by atoms with Crippen molar-refractivity contribution in [2.45, 2.75) is 5.22 Å². The Morgan fingerprint density at radius 1 is 1.22 bits per heavy atom. The Morgan fingerprint density at radius 2 is 2.00 bits per heavy atom. The molecule has 3 rings (SSSR count). The number of hydrogen-bond acceptors (Lipinski definition) is 6. The fourth-order valence-corrected chi connectivity index (χ4v) is 2.28. The number of nitrogens with zero attached hydrogens (tertiary/aromatic N) is 2. The van der Waals surface area contributed by atoms with E-state index in [1.54, 1.807) is 12.1 Å². The normalized spacial score (nSPS) is 10.7. The number of thioether (sulfide) groups is 1. The van der Waals surface area contributed by atoms with E-state index in [0.717, 1.165) is 30.0 Å². The Morgan fingerprint density at radius 3 is 2.70 bits per heavy atom. The van der Waals surface area contributed by atoms with Crippen LogP contribution in [0.3, 0.4) is 0 Å². The van der Waals surface area contributed by atoms with Crippen LogP contribution in [-0.4, -0.2) is 21.9 Å². The molecule has 0 aliphatic carbocycles. The molecule has 9 heteroatoms. The van der Waals surface area contributed by atoms with Gasteiger partial charge in [-0.25, -0.2) is 8.78 Å². The standard InChI is InChI=1S/C14H9F2N3O3S/c15-8-4-9(16)6-10(5-8)17-12(20)7-23-14-19-18-13(22-14)11-2-1-3-21-11/h1-6H,7H2,(H,17,20). The van der Waals surface area contributed by atoms with E-state index in [4.69, 9.17) is 8.83 Å². The van der Waals surface area contributed by atoms with Gasteiger partial charge < -0.3 is 14.2 Å². The third-order valence-corrected chi connectivity index (χ3v) is 3.43. The van der Waals surface area contributed by atoms with Gasteiger partial charge in [0.25, 0.3) is 11.1 Å². The highest BCUT2D eigenvalue weighted by molar-refractivity contribution is 7.99. The summed E-state index contributed by atoms with van der Waals surface area (Å²) in [6, 6.07) is 6.10. The van der Waals surface area contributed by atoms with E-state index in [9.17, 15) is 13.6 Å². The number of carbonyl (C=O) groups is 1. The zero-order chi connectivity index (χ0) is 16.2. The average Bonchev–Trinajstić information content (AvgIpc) is 3.15. The largest absolute Gasteiger partial charge is 0.459 e. The lowest BCUT2D eigenvalue weighted by atomic mass is 10.3. The molecule has 23 heavy (non-hydrogen) atoms. The van der Waals surface area contributed by atoms with E-state index in [2.05, 4.69) is 15.5 Å². The summed E-state index contributed by atoms with van der Waals surface area (Å²) < 4.78 is 36.5. The minimum atomic E-state index is -0.770. The highest BCUT2D eigenvalue weighted by Crippen LogP contribution is 2.23. The van der Waals surface area contributed by atoms with Crippen molar-refractivity contribution >= 4 is 23.4 Å². The lowest BCUT2D eigenvalue weighted by molar-refractivity contribution is -0.113. The summed E-state index contributed by atoms with van der Waals surface area (Å²) in [4.78, 5) is 11.8. The topological polar surface area (TPSA) is 81.2 Å². The number of carbonyl (C=O) groups excluding carboxylic acids is 1. The van der Waals surface area contributed by atoms with Gasteiger partial charge in [0, 0.05) is 11.8 Å². The Hall–Kier alpha value is -2.68. The molecular formula is C14H9F2N3O3S. The minimum Gasteiger partial charge on any atom is -0.459 e. The number of anilines is 1. The lowest BCUT2D eigenvalue weighted by Gasteiger charge is -2.04. The number of nitrogens with one attached hydrogen (secondary N) is 1. The van der Waals surface area contributed by atoms with Crippen LogP contribution in [-0.2, 0) is 4.79 Å². The van der Waals surface area contributed by atoms with Crippen LogP contribution in [0.1, 0.15) is 0 Å². The molecule has 0 unspecified atom stereocenters. The van der Waals surface area contributed by atoms with Gasteiger partial charge in [-0.1, -0.05) is 11.8 Å². The molecule has 2 aromatic heterocycles. The van der Waals surface area contributed by atoms with Gasteiger partial charge in [0.05, 0.1) is 12.0 Å². The summed E-state index contributed by atoms with van der Waals surface area (Å²) in [5.74, 6) is -1.44. The Bertz CT molecular complexity index is 800. The minimum absolute atomic E-state index is 0.0369. The molecule has 0 spiro atoms. The van der Waals surface area contributed by atoms with E-state index in [-0.39, 0.29) is 22.6 Å². The number of halogens is 2. The van der Waals surface area contributed by atoms with Crippen LogP contribution in [0.5, 0.6) is 0 Å². The van der Waals surface area contributed by atoms with Crippen LogP contribution in [0.25, 0.3) is 11.7 Å². The van der Waals surface area contributed by atoms with Crippen molar-refractivity contribution in [1.82, 2.24) is 10.2 Å². The van der Waals surface area contributed by atoms with Gasteiger partial charge in [-0.15, -0.1) is 10.2 Å². The van der Waals surface area contributed by atoms with Crippen molar-refractivity contribution in [2.75, 3.05) is 11.1 Å². The summed E-state index contributed by atoms with van der Waals surface area (Å²) >= 11 is 0.993. The third kappa shape index (κ3) is 3.95. The summed E-state index contributed by atoms with van der Waals surface area (Å²) in [6.07, 6.45) is 1.47. The van der Waals surface area contributed by atoms with Gasteiger partial charge >= 0.3 is 0 Å². The molecule has 3 aromatic rings. The molecule has 1 N–H and O–H groups in total. The van der Waals surface area contributed by atoms with E-state index in [0.29, 0.717) is 5.76 Å². The molecule has 0 bridgehead atoms. The molecule has 118 valence electrons. The number of furan rings is 1. The molecule has 0 saturated carbocycles. The first-order valence-electron chi connectivity index (χ1n) is 6.36. The van der Waals surface area contributed by atoms with E-state index in [1.165, 1.54) is 6.26 Å².